The molecular weight excluding hydrogens is 292 g/mol. The third-order valence-electron chi connectivity index (χ3n) is 3.58. The van der Waals surface area contributed by atoms with Gasteiger partial charge in [0.15, 0.2) is 0 Å². The average Bonchev–Trinajstić information content (AvgIpc) is 3.03. The number of carbonyl (C=O) groups is 1. The van der Waals surface area contributed by atoms with Crippen LogP contribution >= 0.6 is 0 Å². The van der Waals surface area contributed by atoms with Gasteiger partial charge in [0.2, 0.25) is 17.6 Å². The number of pyridine rings is 1. The van der Waals surface area contributed by atoms with E-state index < -0.39 is 0 Å². The number of unbranched alkanes of at least 4 members (excludes halogenated alkanes) is 2. The van der Waals surface area contributed by atoms with Gasteiger partial charge in [-0.15, -0.1) is 0 Å². The van der Waals surface area contributed by atoms with Gasteiger partial charge in [-0.25, -0.2) is 0 Å². The van der Waals surface area contributed by atoms with Crippen LogP contribution in [0.3, 0.4) is 0 Å². The van der Waals surface area contributed by atoms with E-state index in [1.165, 1.54) is 12.8 Å². The van der Waals surface area contributed by atoms with Gasteiger partial charge in [0, 0.05) is 25.1 Å². The first-order valence-corrected chi connectivity index (χ1v) is 8.22. The van der Waals surface area contributed by atoms with Crippen LogP contribution in [-0.4, -0.2) is 27.1 Å². The zero-order chi connectivity index (χ0) is 16.5. The van der Waals surface area contributed by atoms with Crippen molar-refractivity contribution in [3.05, 3.63) is 30.3 Å². The summed E-state index contributed by atoms with van der Waals surface area (Å²) in [5.74, 6) is 0.931. The molecule has 0 saturated carbocycles. The highest BCUT2D eigenvalue weighted by Crippen LogP contribution is 2.12. The summed E-state index contributed by atoms with van der Waals surface area (Å²) in [5.41, 5.74) is 0.663. The van der Waals surface area contributed by atoms with Crippen LogP contribution in [0.25, 0.3) is 11.5 Å². The minimum absolute atomic E-state index is 0.0200. The van der Waals surface area contributed by atoms with Gasteiger partial charge in [-0.2, -0.15) is 4.98 Å². The number of hydrogen-bond acceptors (Lipinski definition) is 5. The van der Waals surface area contributed by atoms with Crippen molar-refractivity contribution in [3.63, 3.8) is 0 Å². The molecule has 0 radical (unpaired) electrons. The lowest BCUT2D eigenvalue weighted by Gasteiger charge is -2.12. The molecule has 23 heavy (non-hydrogen) atoms. The standard InChI is InChI=1S/C17H24N4O2/c1-3-4-5-8-13(2)19-15(22)10-11-16-20-17(21-23-16)14-9-6-7-12-18-14/h6-7,9,12-13H,3-5,8,10-11H2,1-2H3,(H,19,22)/t13-/m1/s1. The molecule has 0 aliphatic carbocycles. The molecule has 0 aliphatic rings. The smallest absolute Gasteiger partial charge is 0.227 e. The lowest BCUT2D eigenvalue weighted by molar-refractivity contribution is -0.121. The molecule has 2 rings (SSSR count). The Labute approximate surface area is 136 Å². The predicted molar refractivity (Wildman–Crippen MR) is 87.6 cm³/mol. The first-order valence-electron chi connectivity index (χ1n) is 8.22. The van der Waals surface area contributed by atoms with Gasteiger partial charge >= 0.3 is 0 Å². The lowest BCUT2D eigenvalue weighted by Crippen LogP contribution is -2.32. The monoisotopic (exact) mass is 316 g/mol. The number of nitrogens with one attached hydrogen (secondary N) is 1. The first-order chi connectivity index (χ1) is 11.2. The second kappa shape index (κ2) is 9.02. The van der Waals surface area contributed by atoms with Crippen LogP contribution in [0.2, 0.25) is 0 Å². The summed E-state index contributed by atoms with van der Waals surface area (Å²) >= 11 is 0. The van der Waals surface area contributed by atoms with Gasteiger partial charge in [-0.05, 0) is 25.5 Å². The third kappa shape index (κ3) is 5.81. The minimum Gasteiger partial charge on any atom is -0.354 e. The largest absolute Gasteiger partial charge is 0.354 e. The van der Waals surface area contributed by atoms with Gasteiger partial charge in [-0.3, -0.25) is 9.78 Å². The number of aromatic nitrogens is 3. The average molecular weight is 316 g/mol. The minimum atomic E-state index is 0.0200. The highest BCUT2D eigenvalue weighted by Gasteiger charge is 2.12. The molecule has 124 valence electrons. The van der Waals surface area contributed by atoms with Crippen LogP contribution in [0.1, 0.15) is 51.8 Å². The molecular formula is C17H24N4O2. The summed E-state index contributed by atoms with van der Waals surface area (Å²) in [7, 11) is 0. The molecule has 2 aromatic heterocycles. The van der Waals surface area contributed by atoms with Crippen LogP contribution in [0.4, 0.5) is 0 Å². The van der Waals surface area contributed by atoms with Crippen molar-refractivity contribution in [2.45, 2.75) is 58.4 Å². The summed E-state index contributed by atoms with van der Waals surface area (Å²) in [6, 6.07) is 5.72. The zero-order valence-electron chi connectivity index (χ0n) is 13.8. The first kappa shape index (κ1) is 17.1. The van der Waals surface area contributed by atoms with Crippen LogP contribution in [-0.2, 0) is 11.2 Å². The lowest BCUT2D eigenvalue weighted by atomic mass is 10.1. The molecule has 1 amide bonds. The van der Waals surface area contributed by atoms with E-state index in [0.29, 0.717) is 30.3 Å². The van der Waals surface area contributed by atoms with Gasteiger partial charge in [0.25, 0.3) is 0 Å². The van der Waals surface area contributed by atoms with E-state index in [1.807, 2.05) is 25.1 Å². The highest BCUT2D eigenvalue weighted by atomic mass is 16.5. The van der Waals surface area contributed by atoms with Gasteiger partial charge in [0.1, 0.15) is 5.69 Å². The topological polar surface area (TPSA) is 80.9 Å². The SMILES string of the molecule is CCCCC[C@@H](C)NC(=O)CCc1nc(-c2ccccn2)no1. The molecule has 0 unspecified atom stereocenters. The van der Waals surface area contributed by atoms with E-state index in [2.05, 4.69) is 27.4 Å². The molecule has 1 atom stereocenters. The molecule has 6 heteroatoms. The van der Waals surface area contributed by atoms with E-state index in [4.69, 9.17) is 4.52 Å². The Morgan fingerprint density at radius 2 is 2.22 bits per heavy atom. The van der Waals surface area contributed by atoms with Crippen molar-refractivity contribution in [3.8, 4) is 11.5 Å². The second-order valence-electron chi connectivity index (χ2n) is 5.69. The molecule has 0 fully saturated rings. The second-order valence-corrected chi connectivity index (χ2v) is 5.69. The molecule has 0 saturated heterocycles. The molecule has 0 aromatic carbocycles. The third-order valence-corrected chi connectivity index (χ3v) is 3.58. The van der Waals surface area contributed by atoms with E-state index in [1.54, 1.807) is 6.20 Å². The number of carbonyl (C=O) groups excluding carboxylic acids is 1. The Morgan fingerprint density at radius 3 is 2.96 bits per heavy atom. The van der Waals surface area contributed by atoms with E-state index in [9.17, 15) is 4.79 Å². The summed E-state index contributed by atoms with van der Waals surface area (Å²) < 4.78 is 5.17. The molecule has 0 aliphatic heterocycles. The van der Waals surface area contributed by atoms with Crippen LogP contribution in [0.15, 0.2) is 28.9 Å². The summed E-state index contributed by atoms with van der Waals surface area (Å²) in [6.45, 7) is 4.21. The van der Waals surface area contributed by atoms with Crippen LogP contribution < -0.4 is 5.32 Å². The van der Waals surface area contributed by atoms with E-state index in [-0.39, 0.29) is 11.9 Å². The fourth-order valence-electron chi connectivity index (χ4n) is 2.30. The van der Waals surface area contributed by atoms with Crippen molar-refractivity contribution < 1.29 is 9.32 Å². The molecule has 2 heterocycles. The van der Waals surface area contributed by atoms with E-state index >= 15 is 0 Å². The van der Waals surface area contributed by atoms with Crippen LogP contribution in [0.5, 0.6) is 0 Å². The Bertz CT molecular complexity index is 598. The van der Waals surface area contributed by atoms with E-state index in [0.717, 1.165) is 12.8 Å². The fourth-order valence-corrected chi connectivity index (χ4v) is 2.30. The van der Waals surface area contributed by atoms with Crippen molar-refractivity contribution in [1.29, 1.82) is 0 Å². The van der Waals surface area contributed by atoms with Gasteiger partial charge in [-0.1, -0.05) is 37.4 Å². The van der Waals surface area contributed by atoms with Crippen molar-refractivity contribution >= 4 is 5.91 Å². The zero-order valence-corrected chi connectivity index (χ0v) is 13.8. The maximum atomic E-state index is 11.9. The fraction of sp³-hybridized carbons (Fsp3) is 0.529. The molecule has 0 bridgehead atoms. The number of amides is 1. The summed E-state index contributed by atoms with van der Waals surface area (Å²) in [5, 5.41) is 6.90. The van der Waals surface area contributed by atoms with Crippen molar-refractivity contribution in [1.82, 2.24) is 20.4 Å². The Kier molecular flexibility index (Phi) is 6.72. The normalized spacial score (nSPS) is 12.1. The molecule has 6 nitrogen and oxygen atoms in total. The Balaban J connectivity index is 1.75. The van der Waals surface area contributed by atoms with Crippen molar-refractivity contribution in [2.24, 2.45) is 0 Å². The molecule has 0 spiro atoms. The summed E-state index contributed by atoms with van der Waals surface area (Å²) in [4.78, 5) is 20.4. The number of aryl methyl sites for hydroxylation is 1. The highest BCUT2D eigenvalue weighted by molar-refractivity contribution is 5.76. The Hall–Kier alpha value is -2.24. The maximum absolute atomic E-state index is 11.9. The van der Waals surface area contributed by atoms with Crippen LogP contribution in [0, 0.1) is 0 Å². The quantitative estimate of drug-likeness (QED) is 0.719. The maximum Gasteiger partial charge on any atom is 0.227 e. The number of hydrogen-bond donors (Lipinski definition) is 1. The molecule has 1 N–H and O–H groups in total. The summed E-state index contributed by atoms with van der Waals surface area (Å²) in [6.07, 6.45) is 7.03. The number of rotatable bonds is 9. The predicted octanol–water partition coefficient (Wildman–Crippen LogP) is 3.15. The molecule has 2 aromatic rings. The van der Waals surface area contributed by atoms with Gasteiger partial charge < -0.3 is 9.84 Å². The van der Waals surface area contributed by atoms with Crippen molar-refractivity contribution in [2.75, 3.05) is 0 Å². The Morgan fingerprint density at radius 1 is 1.35 bits per heavy atom. The number of nitrogens with zero attached hydrogens (tertiary/aromatic N) is 3. The van der Waals surface area contributed by atoms with Gasteiger partial charge in [0.05, 0.1) is 0 Å².